The van der Waals surface area contributed by atoms with Gasteiger partial charge in [0.1, 0.15) is 17.5 Å². The van der Waals surface area contributed by atoms with E-state index in [1.807, 2.05) is 0 Å². The Morgan fingerprint density at radius 3 is 2.55 bits per heavy atom. The molecule has 3 N–H and O–H groups in total. The molecule has 0 spiro atoms. The second-order valence-electron chi connectivity index (χ2n) is 9.67. The summed E-state index contributed by atoms with van der Waals surface area (Å²) < 4.78 is 69.5. The Hall–Kier alpha value is -3.22. The number of carbonyl (C=O) groups excluding carboxylic acids is 1. The Morgan fingerprint density at radius 2 is 1.82 bits per heavy atom. The number of aromatic amines is 1. The molecule has 1 aliphatic heterocycles. The fourth-order valence-electron chi connectivity index (χ4n) is 5.11. The third-order valence-electron chi connectivity index (χ3n) is 7.12. The van der Waals surface area contributed by atoms with E-state index in [0.29, 0.717) is 35.5 Å². The number of aromatic nitrogens is 2. The summed E-state index contributed by atoms with van der Waals surface area (Å²) >= 11 is 0. The SMILES string of the molecule is O=C(Nc1n[nH]c2c1CN(S(=O)(=O)c1cc(F)cc(F)c1)CC2)c1c(F)cccc1CNC1CCCCC1. The number of halogens is 3. The minimum absolute atomic E-state index is 0.0490. The average Bonchev–Trinajstić information content (AvgIpc) is 3.29. The van der Waals surface area contributed by atoms with Crippen molar-refractivity contribution in [1.29, 1.82) is 0 Å². The lowest BCUT2D eigenvalue weighted by Crippen LogP contribution is -2.36. The molecule has 0 atom stereocenters. The van der Waals surface area contributed by atoms with Gasteiger partial charge in [-0.1, -0.05) is 31.4 Å². The van der Waals surface area contributed by atoms with Gasteiger partial charge in [-0.3, -0.25) is 9.89 Å². The summed E-state index contributed by atoms with van der Waals surface area (Å²) in [6.45, 7) is 0.197. The second-order valence-corrected chi connectivity index (χ2v) is 11.6. The highest BCUT2D eigenvalue weighted by Gasteiger charge is 2.32. The van der Waals surface area contributed by atoms with Crippen LogP contribution in [0.3, 0.4) is 0 Å². The first-order valence-electron chi connectivity index (χ1n) is 12.6. The van der Waals surface area contributed by atoms with Gasteiger partial charge in [-0.05, 0) is 36.6 Å². The molecule has 1 saturated carbocycles. The average molecular weight is 548 g/mol. The quantitative estimate of drug-likeness (QED) is 0.410. The fraction of sp³-hybridized carbons (Fsp3) is 0.385. The molecule has 0 unspecified atom stereocenters. The standard InChI is InChI=1S/C26H28F3N5O3S/c27-17-11-18(28)13-20(12-17)38(36,37)34-10-9-23-21(15-34)25(33-32-23)31-26(35)24-16(5-4-8-22(24)29)14-30-19-6-2-1-3-7-19/h4-5,8,11-13,19,30H,1-3,6-7,9-10,14-15H2,(H2,31,32,33,35). The Bertz CT molecular complexity index is 1430. The minimum atomic E-state index is -4.23. The zero-order valence-electron chi connectivity index (χ0n) is 20.6. The van der Waals surface area contributed by atoms with Crippen molar-refractivity contribution in [3.63, 3.8) is 0 Å². The summed E-state index contributed by atoms with van der Waals surface area (Å²) in [7, 11) is -4.23. The highest BCUT2D eigenvalue weighted by Crippen LogP contribution is 2.29. The van der Waals surface area contributed by atoms with Gasteiger partial charge in [0, 0.05) is 49.4 Å². The van der Waals surface area contributed by atoms with Gasteiger partial charge in [-0.15, -0.1) is 0 Å². The molecule has 0 radical (unpaired) electrons. The van der Waals surface area contributed by atoms with E-state index in [2.05, 4.69) is 20.8 Å². The van der Waals surface area contributed by atoms with Crippen LogP contribution in [0.2, 0.25) is 0 Å². The molecule has 5 rings (SSSR count). The number of benzene rings is 2. The van der Waals surface area contributed by atoms with Gasteiger partial charge >= 0.3 is 0 Å². The molecule has 1 amide bonds. The maximum atomic E-state index is 14.8. The fourth-order valence-corrected chi connectivity index (χ4v) is 6.56. The van der Waals surface area contributed by atoms with Gasteiger partial charge in [0.25, 0.3) is 5.91 Å². The predicted octanol–water partition coefficient (Wildman–Crippen LogP) is 4.25. The Labute approximate surface area is 218 Å². The lowest BCUT2D eigenvalue weighted by molar-refractivity contribution is 0.102. The van der Waals surface area contributed by atoms with Gasteiger partial charge in [0.15, 0.2) is 5.82 Å². The molecule has 38 heavy (non-hydrogen) atoms. The lowest BCUT2D eigenvalue weighted by Gasteiger charge is -2.26. The van der Waals surface area contributed by atoms with E-state index in [1.54, 1.807) is 12.1 Å². The summed E-state index contributed by atoms with van der Waals surface area (Å²) in [5, 5.41) is 13.0. The molecule has 2 aromatic carbocycles. The van der Waals surface area contributed by atoms with Crippen LogP contribution in [0.4, 0.5) is 19.0 Å². The topological polar surface area (TPSA) is 107 Å². The van der Waals surface area contributed by atoms with E-state index in [0.717, 1.165) is 42.1 Å². The first kappa shape index (κ1) is 26.4. The summed E-state index contributed by atoms with van der Waals surface area (Å²) in [5.74, 6) is -3.31. The van der Waals surface area contributed by atoms with E-state index in [4.69, 9.17) is 0 Å². The molecule has 0 bridgehead atoms. The summed E-state index contributed by atoms with van der Waals surface area (Å²) in [5.41, 5.74) is 1.42. The number of amides is 1. The van der Waals surface area contributed by atoms with E-state index < -0.39 is 38.3 Å². The first-order valence-corrected chi connectivity index (χ1v) is 14.0. The van der Waals surface area contributed by atoms with Gasteiger partial charge in [-0.2, -0.15) is 9.40 Å². The molecule has 202 valence electrons. The number of fused-ring (bicyclic) bond motifs is 1. The van der Waals surface area contributed by atoms with Gasteiger partial charge in [-0.25, -0.2) is 21.6 Å². The van der Waals surface area contributed by atoms with Crippen LogP contribution >= 0.6 is 0 Å². The van der Waals surface area contributed by atoms with Gasteiger partial charge in [0.05, 0.1) is 10.5 Å². The molecule has 1 aliphatic carbocycles. The van der Waals surface area contributed by atoms with E-state index in [-0.39, 0.29) is 30.9 Å². The third-order valence-corrected chi connectivity index (χ3v) is 8.94. The molecule has 1 aromatic heterocycles. The number of carbonyl (C=O) groups is 1. The Kier molecular flexibility index (Phi) is 7.55. The number of hydrogen-bond acceptors (Lipinski definition) is 5. The number of sulfonamides is 1. The molecule has 8 nitrogen and oxygen atoms in total. The summed E-state index contributed by atoms with van der Waals surface area (Å²) in [4.78, 5) is 12.7. The maximum absolute atomic E-state index is 14.8. The third kappa shape index (κ3) is 5.47. The second kappa shape index (κ2) is 10.9. The first-order chi connectivity index (χ1) is 18.2. The van der Waals surface area contributed by atoms with Crippen LogP contribution in [-0.2, 0) is 29.5 Å². The molecule has 0 saturated heterocycles. The van der Waals surface area contributed by atoms with Crippen LogP contribution in [-0.4, -0.2) is 41.4 Å². The van der Waals surface area contributed by atoms with Crippen LogP contribution < -0.4 is 10.6 Å². The highest BCUT2D eigenvalue weighted by molar-refractivity contribution is 7.89. The van der Waals surface area contributed by atoms with Crippen LogP contribution in [0, 0.1) is 17.5 Å². The van der Waals surface area contributed by atoms with Crippen molar-refractivity contribution in [3.05, 3.63) is 76.2 Å². The number of hydrogen-bond donors (Lipinski definition) is 3. The maximum Gasteiger partial charge on any atom is 0.260 e. The Balaban J connectivity index is 1.35. The number of H-pyrrole nitrogens is 1. The van der Waals surface area contributed by atoms with Crippen molar-refractivity contribution >= 4 is 21.7 Å². The zero-order chi connectivity index (χ0) is 26.9. The smallest absolute Gasteiger partial charge is 0.260 e. The minimum Gasteiger partial charge on any atom is -0.310 e. The van der Waals surface area contributed by atoms with Crippen molar-refractivity contribution in [3.8, 4) is 0 Å². The molecule has 12 heteroatoms. The Morgan fingerprint density at radius 1 is 1.08 bits per heavy atom. The van der Waals surface area contributed by atoms with Crippen LogP contribution in [0.15, 0.2) is 41.3 Å². The monoisotopic (exact) mass is 547 g/mol. The van der Waals surface area contributed by atoms with E-state index in [9.17, 15) is 26.4 Å². The lowest BCUT2D eigenvalue weighted by atomic mass is 9.95. The highest BCUT2D eigenvalue weighted by atomic mass is 32.2. The van der Waals surface area contributed by atoms with Crippen molar-refractivity contribution in [2.45, 2.75) is 62.6 Å². The number of rotatable bonds is 7. The molecule has 3 aromatic rings. The van der Waals surface area contributed by atoms with Crippen LogP contribution in [0.25, 0.3) is 0 Å². The van der Waals surface area contributed by atoms with Gasteiger partial charge < -0.3 is 10.6 Å². The van der Waals surface area contributed by atoms with Crippen molar-refractivity contribution in [2.24, 2.45) is 0 Å². The van der Waals surface area contributed by atoms with Crippen molar-refractivity contribution in [1.82, 2.24) is 19.8 Å². The largest absolute Gasteiger partial charge is 0.310 e. The molecule has 2 heterocycles. The molecular weight excluding hydrogens is 519 g/mol. The van der Waals surface area contributed by atoms with Crippen molar-refractivity contribution in [2.75, 3.05) is 11.9 Å². The van der Waals surface area contributed by atoms with Crippen LogP contribution in [0.5, 0.6) is 0 Å². The summed E-state index contributed by atoms with van der Waals surface area (Å²) in [6, 6.07) is 6.89. The van der Waals surface area contributed by atoms with Crippen molar-refractivity contribution < 1.29 is 26.4 Å². The molecule has 2 aliphatic rings. The zero-order valence-corrected chi connectivity index (χ0v) is 21.4. The normalized spacial score (nSPS) is 16.8. The number of anilines is 1. The van der Waals surface area contributed by atoms with Crippen LogP contribution in [0.1, 0.15) is 59.3 Å². The number of nitrogens with zero attached hydrogens (tertiary/aromatic N) is 2. The predicted molar refractivity (Wildman–Crippen MR) is 134 cm³/mol. The number of nitrogens with one attached hydrogen (secondary N) is 3. The van der Waals surface area contributed by atoms with Gasteiger partial charge in [0.2, 0.25) is 10.0 Å². The molecule has 1 fully saturated rings. The summed E-state index contributed by atoms with van der Waals surface area (Å²) in [6.07, 6.45) is 5.80. The molecular formula is C26H28F3N5O3S. The van der Waals surface area contributed by atoms with E-state index >= 15 is 0 Å². The van der Waals surface area contributed by atoms with E-state index in [1.165, 1.54) is 12.5 Å².